The summed E-state index contributed by atoms with van der Waals surface area (Å²) in [6, 6.07) is 4.65. The Balaban J connectivity index is 1.72. The molecule has 0 spiro atoms. The predicted octanol–water partition coefficient (Wildman–Crippen LogP) is 2.78. The zero-order chi connectivity index (χ0) is 21.3. The first-order valence-corrected chi connectivity index (χ1v) is 9.70. The van der Waals surface area contributed by atoms with Gasteiger partial charge in [0, 0.05) is 23.7 Å². The van der Waals surface area contributed by atoms with Gasteiger partial charge in [0.05, 0.1) is 32.6 Å². The van der Waals surface area contributed by atoms with Gasteiger partial charge >= 0.3 is 6.61 Å². The Labute approximate surface area is 172 Å². The number of rotatable bonds is 6. The van der Waals surface area contributed by atoms with Crippen molar-refractivity contribution < 1.29 is 32.5 Å². The van der Waals surface area contributed by atoms with Gasteiger partial charge in [-0.3, -0.25) is 4.79 Å². The van der Waals surface area contributed by atoms with Gasteiger partial charge in [0.25, 0.3) is 5.56 Å². The van der Waals surface area contributed by atoms with E-state index in [-0.39, 0.29) is 29.8 Å². The molecule has 3 heterocycles. The highest BCUT2D eigenvalue weighted by Gasteiger charge is 2.25. The third-order valence-electron chi connectivity index (χ3n) is 5.29. The molecule has 1 fully saturated rings. The summed E-state index contributed by atoms with van der Waals surface area (Å²) in [6.07, 6.45) is 0.317. The van der Waals surface area contributed by atoms with Gasteiger partial charge in [-0.15, -0.1) is 0 Å². The van der Waals surface area contributed by atoms with Gasteiger partial charge in [-0.1, -0.05) is 0 Å². The summed E-state index contributed by atoms with van der Waals surface area (Å²) < 4.78 is 53.9. The normalized spacial score (nSPS) is 18.0. The van der Waals surface area contributed by atoms with Crippen LogP contribution in [0.5, 0.6) is 17.2 Å². The van der Waals surface area contributed by atoms with Gasteiger partial charge in [-0.2, -0.15) is 8.78 Å². The average molecular weight is 423 g/mol. The Kier molecular flexibility index (Phi) is 5.92. The van der Waals surface area contributed by atoms with Crippen LogP contribution in [0.1, 0.15) is 11.1 Å². The fraction of sp³-hybridized carbons (Fsp3) is 0.476. The summed E-state index contributed by atoms with van der Waals surface area (Å²) in [4.78, 5) is 12.7. The van der Waals surface area contributed by atoms with Gasteiger partial charge in [-0.25, -0.2) is 0 Å². The molecule has 0 saturated carbocycles. The summed E-state index contributed by atoms with van der Waals surface area (Å²) in [7, 11) is 1.38. The lowest BCUT2D eigenvalue weighted by Gasteiger charge is -2.27. The van der Waals surface area contributed by atoms with Crippen molar-refractivity contribution in [2.45, 2.75) is 32.6 Å². The van der Waals surface area contributed by atoms with E-state index >= 15 is 0 Å². The number of hydrogen-bond donors (Lipinski definition) is 0. The first-order chi connectivity index (χ1) is 14.5. The van der Waals surface area contributed by atoms with Crippen molar-refractivity contribution in [1.29, 1.82) is 0 Å². The number of pyridine rings is 1. The van der Waals surface area contributed by atoms with Crippen LogP contribution in [0.25, 0.3) is 11.3 Å². The van der Waals surface area contributed by atoms with Gasteiger partial charge < -0.3 is 28.3 Å². The SMILES string of the molecule is COc1cc2c(cc1OC(F)F)CCn1c-2c(C)c(OCC2COCCO2)cc1=O. The summed E-state index contributed by atoms with van der Waals surface area (Å²) >= 11 is 0. The highest BCUT2D eigenvalue weighted by Crippen LogP contribution is 2.41. The second-order valence-electron chi connectivity index (χ2n) is 7.14. The first kappa shape index (κ1) is 20.6. The van der Waals surface area contributed by atoms with Crippen molar-refractivity contribution in [1.82, 2.24) is 4.57 Å². The quantitative estimate of drug-likeness (QED) is 0.712. The highest BCUT2D eigenvalue weighted by molar-refractivity contribution is 5.74. The van der Waals surface area contributed by atoms with Gasteiger partial charge in [0.15, 0.2) is 11.5 Å². The minimum absolute atomic E-state index is 0.0263. The number of hydrogen-bond acceptors (Lipinski definition) is 6. The van der Waals surface area contributed by atoms with Crippen molar-refractivity contribution in [2.24, 2.45) is 0 Å². The second-order valence-corrected chi connectivity index (χ2v) is 7.14. The second kappa shape index (κ2) is 8.61. The van der Waals surface area contributed by atoms with E-state index in [9.17, 15) is 13.6 Å². The average Bonchev–Trinajstić information content (AvgIpc) is 2.74. The van der Waals surface area contributed by atoms with Crippen LogP contribution >= 0.6 is 0 Å². The van der Waals surface area contributed by atoms with E-state index in [1.165, 1.54) is 13.2 Å². The number of benzene rings is 1. The number of fused-ring (bicyclic) bond motifs is 3. The third kappa shape index (κ3) is 3.99. The summed E-state index contributed by atoms with van der Waals surface area (Å²) in [5.41, 5.74) is 2.80. The molecule has 0 radical (unpaired) electrons. The molecule has 1 atom stereocenters. The molecule has 0 aliphatic carbocycles. The molecule has 2 aliphatic heterocycles. The van der Waals surface area contributed by atoms with E-state index in [0.29, 0.717) is 44.2 Å². The molecule has 4 rings (SSSR count). The Morgan fingerprint density at radius 1 is 1.20 bits per heavy atom. The maximum atomic E-state index is 12.8. The molecule has 1 aromatic carbocycles. The van der Waals surface area contributed by atoms with Crippen LogP contribution < -0.4 is 19.8 Å². The molecule has 162 valence electrons. The van der Waals surface area contributed by atoms with Crippen molar-refractivity contribution in [3.8, 4) is 28.5 Å². The van der Waals surface area contributed by atoms with Crippen molar-refractivity contribution in [3.63, 3.8) is 0 Å². The molecule has 9 heteroatoms. The standard InChI is InChI=1S/C21H23F2NO6/c1-12-16(29-11-14-10-27-5-6-28-14)9-19(25)24-4-3-13-7-18(30-21(22)23)17(26-2)8-15(13)20(12)24/h7-9,14,21H,3-6,10-11H2,1-2H3. The minimum atomic E-state index is -2.96. The van der Waals surface area contributed by atoms with Crippen LogP contribution in [0.15, 0.2) is 23.0 Å². The number of aryl methyl sites for hydroxylation is 1. The molecule has 1 aromatic heterocycles. The van der Waals surface area contributed by atoms with Gasteiger partial charge in [-0.05, 0) is 31.0 Å². The lowest BCUT2D eigenvalue weighted by molar-refractivity contribution is -0.101. The molecular weight excluding hydrogens is 400 g/mol. The molecule has 0 amide bonds. The summed E-state index contributed by atoms with van der Waals surface area (Å²) in [6.45, 7) is 1.12. The van der Waals surface area contributed by atoms with Crippen LogP contribution in [0.2, 0.25) is 0 Å². The number of ether oxygens (including phenoxy) is 5. The summed E-state index contributed by atoms with van der Waals surface area (Å²) in [5.74, 6) is 0.607. The number of aromatic nitrogens is 1. The smallest absolute Gasteiger partial charge is 0.387 e. The molecule has 30 heavy (non-hydrogen) atoms. The number of nitrogens with zero attached hydrogens (tertiary/aromatic N) is 1. The van der Waals surface area contributed by atoms with Crippen molar-refractivity contribution >= 4 is 0 Å². The minimum Gasteiger partial charge on any atom is -0.493 e. The summed E-state index contributed by atoms with van der Waals surface area (Å²) in [5, 5.41) is 0. The van der Waals surface area contributed by atoms with E-state index in [4.69, 9.17) is 18.9 Å². The van der Waals surface area contributed by atoms with Gasteiger partial charge in [0.2, 0.25) is 0 Å². The zero-order valence-corrected chi connectivity index (χ0v) is 16.8. The number of methoxy groups -OCH3 is 1. The van der Waals surface area contributed by atoms with Crippen LogP contribution in [0.4, 0.5) is 8.78 Å². The molecule has 0 N–H and O–H groups in total. The number of alkyl halides is 2. The van der Waals surface area contributed by atoms with Crippen LogP contribution in [-0.4, -0.2) is 50.8 Å². The van der Waals surface area contributed by atoms with Crippen molar-refractivity contribution in [2.75, 3.05) is 33.5 Å². The Hall–Kier alpha value is -2.65. The van der Waals surface area contributed by atoms with Crippen LogP contribution in [-0.2, 0) is 22.4 Å². The van der Waals surface area contributed by atoms with Crippen LogP contribution in [0, 0.1) is 6.92 Å². The predicted molar refractivity (Wildman–Crippen MR) is 104 cm³/mol. The highest BCUT2D eigenvalue weighted by atomic mass is 19.3. The van der Waals surface area contributed by atoms with E-state index in [2.05, 4.69) is 4.74 Å². The lowest BCUT2D eigenvalue weighted by atomic mass is 9.93. The first-order valence-electron chi connectivity index (χ1n) is 9.70. The Morgan fingerprint density at radius 2 is 2.03 bits per heavy atom. The van der Waals surface area contributed by atoms with E-state index < -0.39 is 6.61 Å². The van der Waals surface area contributed by atoms with E-state index in [1.54, 1.807) is 16.7 Å². The van der Waals surface area contributed by atoms with Crippen LogP contribution in [0.3, 0.4) is 0 Å². The largest absolute Gasteiger partial charge is 0.493 e. The van der Waals surface area contributed by atoms with E-state index in [1.807, 2.05) is 6.92 Å². The van der Waals surface area contributed by atoms with E-state index in [0.717, 1.165) is 16.7 Å². The molecule has 1 saturated heterocycles. The fourth-order valence-electron chi connectivity index (χ4n) is 3.87. The molecule has 0 bridgehead atoms. The maximum Gasteiger partial charge on any atom is 0.387 e. The maximum absolute atomic E-state index is 12.8. The monoisotopic (exact) mass is 423 g/mol. The zero-order valence-electron chi connectivity index (χ0n) is 16.8. The molecule has 2 aromatic rings. The third-order valence-corrected chi connectivity index (χ3v) is 5.29. The fourth-order valence-corrected chi connectivity index (χ4v) is 3.87. The van der Waals surface area contributed by atoms with Gasteiger partial charge in [0.1, 0.15) is 18.5 Å². The molecular formula is C21H23F2NO6. The Bertz CT molecular complexity index is 984. The Morgan fingerprint density at radius 3 is 2.73 bits per heavy atom. The lowest BCUT2D eigenvalue weighted by Crippen LogP contribution is -2.34. The molecule has 2 aliphatic rings. The molecule has 7 nitrogen and oxygen atoms in total. The molecule has 1 unspecified atom stereocenters. The van der Waals surface area contributed by atoms with Crippen molar-refractivity contribution in [3.05, 3.63) is 39.7 Å². The number of halogens is 2. The topological polar surface area (TPSA) is 68.2 Å².